The second-order valence-corrected chi connectivity index (χ2v) is 5.93. The fraction of sp³-hybridized carbons (Fsp3) is 0.688. The third-order valence-corrected chi connectivity index (χ3v) is 3.33. The molecule has 0 radical (unpaired) electrons. The number of hydrogen-bond acceptors (Lipinski definition) is 4. The van der Waals surface area contributed by atoms with Crippen LogP contribution in [0.3, 0.4) is 0 Å². The van der Waals surface area contributed by atoms with Crippen LogP contribution in [0.15, 0.2) is 11.6 Å². The summed E-state index contributed by atoms with van der Waals surface area (Å²) in [5, 5.41) is 11.2. The van der Waals surface area contributed by atoms with Gasteiger partial charge in [-0.3, -0.25) is 4.79 Å². The predicted molar refractivity (Wildman–Crippen MR) is 86.8 cm³/mol. The molecule has 0 aromatic carbocycles. The minimum atomic E-state index is -1.22. The van der Waals surface area contributed by atoms with E-state index in [0.29, 0.717) is 12.3 Å². The summed E-state index contributed by atoms with van der Waals surface area (Å²) in [5.41, 5.74) is 6.24. The maximum Gasteiger partial charge on any atom is 0.407 e. The maximum atomic E-state index is 11.6. The van der Waals surface area contributed by atoms with Crippen molar-refractivity contribution in [2.24, 2.45) is 11.7 Å². The molecule has 0 heterocycles. The molecule has 0 bridgehead atoms. The van der Waals surface area contributed by atoms with E-state index in [2.05, 4.69) is 32.2 Å². The van der Waals surface area contributed by atoms with E-state index in [1.54, 1.807) is 0 Å². The first-order valence-corrected chi connectivity index (χ1v) is 7.80. The number of rotatable bonds is 11. The molecule has 0 aliphatic rings. The number of hydrogen-bond donors (Lipinski definition) is 3. The average molecular weight is 328 g/mol. The zero-order chi connectivity index (χ0) is 17.8. The van der Waals surface area contributed by atoms with E-state index < -0.39 is 24.0 Å². The Bertz CT molecular complexity index is 430. The Kier molecular flexibility index (Phi) is 10.5. The highest BCUT2D eigenvalue weighted by atomic mass is 16.5. The zero-order valence-corrected chi connectivity index (χ0v) is 14.1. The van der Waals surface area contributed by atoms with Gasteiger partial charge in [0.2, 0.25) is 5.91 Å². The molecule has 0 aromatic rings. The first kappa shape index (κ1) is 20.9. The quantitative estimate of drug-likeness (QED) is 0.502. The summed E-state index contributed by atoms with van der Waals surface area (Å²) in [7, 11) is 0. The number of primary amides is 1. The minimum Gasteiger partial charge on any atom is -0.480 e. The number of carboxylic acid groups (broad SMARTS) is 1. The number of carboxylic acids is 1. The second-order valence-electron chi connectivity index (χ2n) is 5.93. The molecule has 0 aliphatic carbocycles. The first-order valence-electron chi connectivity index (χ1n) is 7.80. The van der Waals surface area contributed by atoms with Crippen LogP contribution in [0, 0.1) is 5.92 Å². The van der Waals surface area contributed by atoms with Crippen molar-refractivity contribution >= 4 is 18.0 Å². The van der Waals surface area contributed by atoms with Gasteiger partial charge in [-0.15, -0.1) is 0 Å². The molecule has 0 aliphatic heterocycles. The van der Waals surface area contributed by atoms with Gasteiger partial charge in [0.15, 0.2) is 0 Å². The van der Waals surface area contributed by atoms with E-state index in [-0.39, 0.29) is 19.4 Å². The average Bonchev–Trinajstić information content (AvgIpc) is 2.42. The summed E-state index contributed by atoms with van der Waals surface area (Å²) < 4.78 is 4.98. The van der Waals surface area contributed by atoms with Crippen molar-refractivity contribution < 1.29 is 24.2 Å². The van der Waals surface area contributed by atoms with Gasteiger partial charge in [-0.2, -0.15) is 0 Å². The Balaban J connectivity index is 4.01. The van der Waals surface area contributed by atoms with Crippen LogP contribution in [0.2, 0.25) is 0 Å². The van der Waals surface area contributed by atoms with E-state index in [1.807, 2.05) is 0 Å². The van der Waals surface area contributed by atoms with Crippen molar-refractivity contribution in [1.82, 2.24) is 5.32 Å². The molecule has 7 nitrogen and oxygen atoms in total. The number of amides is 2. The van der Waals surface area contributed by atoms with Crippen LogP contribution in [-0.4, -0.2) is 35.7 Å². The van der Waals surface area contributed by atoms with E-state index in [1.165, 1.54) is 5.57 Å². The number of alkyl carbamates (subject to hydrolysis) is 1. The van der Waals surface area contributed by atoms with Crippen LogP contribution in [0.1, 0.15) is 52.9 Å². The molecule has 23 heavy (non-hydrogen) atoms. The van der Waals surface area contributed by atoms with Gasteiger partial charge in [0, 0.05) is 6.42 Å². The maximum absolute atomic E-state index is 11.6. The van der Waals surface area contributed by atoms with Crippen molar-refractivity contribution in [3.8, 4) is 0 Å². The zero-order valence-electron chi connectivity index (χ0n) is 14.1. The molecule has 2 amide bonds. The first-order chi connectivity index (χ1) is 10.7. The smallest absolute Gasteiger partial charge is 0.407 e. The van der Waals surface area contributed by atoms with Crippen molar-refractivity contribution in [2.45, 2.75) is 58.9 Å². The van der Waals surface area contributed by atoms with Crippen LogP contribution < -0.4 is 11.1 Å². The summed E-state index contributed by atoms with van der Waals surface area (Å²) in [6, 6.07) is -1.18. The van der Waals surface area contributed by atoms with Gasteiger partial charge in [0.25, 0.3) is 0 Å². The molecule has 132 valence electrons. The van der Waals surface area contributed by atoms with E-state index >= 15 is 0 Å². The molecule has 4 N–H and O–H groups in total. The summed E-state index contributed by atoms with van der Waals surface area (Å²) in [6.45, 7) is 6.40. The van der Waals surface area contributed by atoms with E-state index in [4.69, 9.17) is 15.6 Å². The Morgan fingerprint density at radius 3 is 2.39 bits per heavy atom. The standard InChI is InChI=1S/C16H28N2O5/c1-11(2)5-4-6-12(3)9-10-23-16(22)18-13(15(20)21)7-8-14(17)19/h5,12-13H,4,6-10H2,1-3H3,(H2,17,19)(H,18,22)(H,20,21). The lowest BCUT2D eigenvalue weighted by Crippen LogP contribution is -2.41. The number of nitrogens with one attached hydrogen (secondary N) is 1. The summed E-state index contributed by atoms with van der Waals surface area (Å²) in [4.78, 5) is 33.2. The fourth-order valence-electron chi connectivity index (χ4n) is 1.88. The SMILES string of the molecule is CC(C)=CCCC(C)CCOC(=O)NC(CCC(N)=O)C(=O)O. The largest absolute Gasteiger partial charge is 0.480 e. The molecule has 0 fully saturated rings. The van der Waals surface area contributed by atoms with Gasteiger partial charge in [-0.1, -0.05) is 18.6 Å². The molecular formula is C16H28N2O5. The van der Waals surface area contributed by atoms with Crippen LogP contribution in [-0.2, 0) is 14.3 Å². The minimum absolute atomic E-state index is 0.0567. The number of carbonyl (C=O) groups excluding carboxylic acids is 2. The lowest BCUT2D eigenvalue weighted by molar-refractivity contribution is -0.139. The predicted octanol–water partition coefficient (Wildman–Crippen LogP) is 2.20. The molecule has 7 heteroatoms. The van der Waals surface area contributed by atoms with E-state index in [9.17, 15) is 14.4 Å². The van der Waals surface area contributed by atoms with Gasteiger partial charge >= 0.3 is 12.1 Å². The lowest BCUT2D eigenvalue weighted by atomic mass is 10.0. The van der Waals surface area contributed by atoms with Crippen molar-refractivity contribution in [3.63, 3.8) is 0 Å². The molecule has 0 rings (SSSR count). The van der Waals surface area contributed by atoms with E-state index in [0.717, 1.165) is 12.8 Å². The fourth-order valence-corrected chi connectivity index (χ4v) is 1.88. The van der Waals surface area contributed by atoms with Crippen molar-refractivity contribution in [3.05, 3.63) is 11.6 Å². The molecule has 0 spiro atoms. The third-order valence-electron chi connectivity index (χ3n) is 3.33. The second kappa shape index (κ2) is 11.5. The highest BCUT2D eigenvalue weighted by Crippen LogP contribution is 2.11. The van der Waals surface area contributed by atoms with Gasteiger partial charge in [-0.05, 0) is 45.4 Å². The number of nitrogens with two attached hydrogens (primary N) is 1. The van der Waals surface area contributed by atoms with Gasteiger partial charge in [-0.25, -0.2) is 9.59 Å². The van der Waals surface area contributed by atoms with Crippen molar-refractivity contribution in [1.29, 1.82) is 0 Å². The number of aliphatic carboxylic acids is 1. The van der Waals surface area contributed by atoms with Crippen LogP contribution in [0.25, 0.3) is 0 Å². The summed E-state index contributed by atoms with van der Waals surface area (Å²) in [6.07, 6.45) is 3.91. The molecule has 2 unspecified atom stereocenters. The van der Waals surface area contributed by atoms with Crippen LogP contribution in [0.4, 0.5) is 4.79 Å². The Labute approximate surface area is 137 Å². The molecule has 0 saturated carbocycles. The summed E-state index contributed by atoms with van der Waals surface area (Å²) >= 11 is 0. The number of ether oxygens (including phenoxy) is 1. The Hall–Kier alpha value is -2.05. The third kappa shape index (κ3) is 12.2. The highest BCUT2D eigenvalue weighted by molar-refractivity contribution is 5.81. The number of carbonyl (C=O) groups is 3. The van der Waals surface area contributed by atoms with Crippen molar-refractivity contribution in [2.75, 3.05) is 6.61 Å². The van der Waals surface area contributed by atoms with Crippen LogP contribution in [0.5, 0.6) is 0 Å². The molecule has 2 atom stereocenters. The monoisotopic (exact) mass is 328 g/mol. The van der Waals surface area contributed by atoms with Gasteiger partial charge < -0.3 is 20.9 Å². The Morgan fingerprint density at radius 1 is 1.22 bits per heavy atom. The van der Waals surface area contributed by atoms with Gasteiger partial charge in [0.05, 0.1) is 6.61 Å². The van der Waals surface area contributed by atoms with Gasteiger partial charge in [0.1, 0.15) is 6.04 Å². The highest BCUT2D eigenvalue weighted by Gasteiger charge is 2.21. The topological polar surface area (TPSA) is 119 Å². The normalized spacial score (nSPS) is 12.8. The molecule has 0 saturated heterocycles. The lowest BCUT2D eigenvalue weighted by Gasteiger charge is -2.15. The molecule has 0 aromatic heterocycles. The number of allylic oxidation sites excluding steroid dienone is 2. The molecular weight excluding hydrogens is 300 g/mol. The van der Waals surface area contributed by atoms with Crippen LogP contribution >= 0.6 is 0 Å². The Morgan fingerprint density at radius 2 is 1.87 bits per heavy atom. The summed E-state index contributed by atoms with van der Waals surface area (Å²) in [5.74, 6) is -1.43.